The Morgan fingerprint density at radius 2 is 1.85 bits per heavy atom. The van der Waals surface area contributed by atoms with Gasteiger partial charge in [0.1, 0.15) is 0 Å². The summed E-state index contributed by atoms with van der Waals surface area (Å²) in [6.45, 7) is 4.30. The molecule has 0 spiro atoms. The maximum atomic E-state index is 6.63. The lowest BCUT2D eigenvalue weighted by molar-refractivity contribution is -0.00682. The minimum absolute atomic E-state index is 0.154. The summed E-state index contributed by atoms with van der Waals surface area (Å²) in [5.41, 5.74) is -0.154. The second-order valence-electron chi connectivity index (χ2n) is 3.98. The third-order valence-electron chi connectivity index (χ3n) is 3.55. The van der Waals surface area contributed by atoms with Crippen LogP contribution in [0.3, 0.4) is 0 Å². The molecule has 0 N–H and O–H groups in total. The predicted octanol–water partition coefficient (Wildman–Crippen LogP) is 3.20. The first kappa shape index (κ1) is 11.5. The monoisotopic (exact) mass is 217 g/mol. The topological polar surface area (TPSA) is 9.23 Å². The molecule has 0 heterocycles. The van der Waals surface area contributed by atoms with E-state index in [1.54, 1.807) is 0 Å². The van der Waals surface area contributed by atoms with E-state index in [9.17, 15) is 0 Å². The third kappa shape index (κ3) is 1.81. The maximum Gasteiger partial charge on any atom is 0.247 e. The molecule has 1 aliphatic rings. The van der Waals surface area contributed by atoms with Crippen molar-refractivity contribution in [1.29, 1.82) is 0 Å². The van der Waals surface area contributed by atoms with Crippen LogP contribution in [0.2, 0.25) is 0 Å². The summed E-state index contributed by atoms with van der Waals surface area (Å²) in [4.78, 5) is -0.165. The first-order valence-electron chi connectivity index (χ1n) is 5.18. The Labute approximate surface area is 89.7 Å². The molecule has 0 amide bonds. The van der Waals surface area contributed by atoms with Crippen molar-refractivity contribution in [2.45, 2.75) is 62.8 Å². The first-order chi connectivity index (χ1) is 6.14. The van der Waals surface area contributed by atoms with Gasteiger partial charge in [0.05, 0.1) is 10.5 Å². The molecule has 0 aromatic heterocycles. The van der Waals surface area contributed by atoms with E-state index in [1.807, 2.05) is 0 Å². The Morgan fingerprint density at radius 3 is 2.23 bits per heavy atom. The van der Waals surface area contributed by atoms with Crippen LogP contribution in [0.15, 0.2) is 0 Å². The third-order valence-corrected chi connectivity index (χ3v) is 4.74. The molecule has 0 saturated heterocycles. The molecule has 0 bridgehead atoms. The van der Waals surface area contributed by atoms with Gasteiger partial charge in [0, 0.05) is 0 Å². The number of alkyl halides is 1. The SMILES string of the molecule is CCC1(Cl)CCCCC1(CC)O[Si]. The molecule has 0 aromatic carbocycles. The van der Waals surface area contributed by atoms with Crippen molar-refractivity contribution < 1.29 is 4.43 Å². The van der Waals surface area contributed by atoms with Crippen molar-refractivity contribution in [3.63, 3.8) is 0 Å². The fourth-order valence-corrected chi connectivity index (χ4v) is 3.38. The van der Waals surface area contributed by atoms with Gasteiger partial charge in [-0.2, -0.15) is 0 Å². The molecule has 13 heavy (non-hydrogen) atoms. The molecule has 0 aromatic rings. The number of halogens is 1. The second kappa shape index (κ2) is 4.33. The molecule has 0 aliphatic heterocycles. The average molecular weight is 218 g/mol. The van der Waals surface area contributed by atoms with Gasteiger partial charge in [-0.15, -0.1) is 11.6 Å². The zero-order valence-electron chi connectivity index (χ0n) is 8.53. The minimum Gasteiger partial charge on any atom is -0.411 e. The van der Waals surface area contributed by atoms with Gasteiger partial charge in [0.2, 0.25) is 10.5 Å². The number of hydrogen-bond acceptors (Lipinski definition) is 1. The minimum atomic E-state index is -0.165. The van der Waals surface area contributed by atoms with E-state index in [-0.39, 0.29) is 10.5 Å². The maximum absolute atomic E-state index is 6.63. The van der Waals surface area contributed by atoms with Crippen molar-refractivity contribution in [2.24, 2.45) is 0 Å². The van der Waals surface area contributed by atoms with Crippen LogP contribution in [-0.2, 0) is 4.43 Å². The van der Waals surface area contributed by atoms with Gasteiger partial charge in [-0.25, -0.2) is 0 Å². The van der Waals surface area contributed by atoms with Crippen LogP contribution < -0.4 is 0 Å². The summed E-state index contributed by atoms with van der Waals surface area (Å²) in [6, 6.07) is 0. The van der Waals surface area contributed by atoms with Gasteiger partial charge in [-0.05, 0) is 25.7 Å². The van der Waals surface area contributed by atoms with Gasteiger partial charge < -0.3 is 4.43 Å². The Morgan fingerprint density at radius 1 is 1.23 bits per heavy atom. The second-order valence-corrected chi connectivity index (χ2v) is 4.90. The van der Waals surface area contributed by atoms with Crippen LogP contribution in [0.1, 0.15) is 52.4 Å². The highest BCUT2D eigenvalue weighted by molar-refractivity contribution is 6.25. The van der Waals surface area contributed by atoms with Crippen LogP contribution in [0.5, 0.6) is 0 Å². The van der Waals surface area contributed by atoms with Crippen LogP contribution in [0.4, 0.5) is 0 Å². The molecule has 75 valence electrons. The van der Waals surface area contributed by atoms with Crippen LogP contribution in [-0.4, -0.2) is 21.0 Å². The Kier molecular flexibility index (Phi) is 3.84. The lowest BCUT2D eigenvalue weighted by atomic mass is 9.72. The van der Waals surface area contributed by atoms with Gasteiger partial charge >= 0.3 is 0 Å². The molecule has 1 fully saturated rings. The predicted molar refractivity (Wildman–Crippen MR) is 57.2 cm³/mol. The normalized spacial score (nSPS) is 40.6. The van der Waals surface area contributed by atoms with Crippen molar-refractivity contribution in [2.75, 3.05) is 0 Å². The van der Waals surface area contributed by atoms with Gasteiger partial charge in [-0.1, -0.05) is 26.7 Å². The van der Waals surface area contributed by atoms with Crippen LogP contribution >= 0.6 is 11.6 Å². The smallest absolute Gasteiger partial charge is 0.247 e. The summed E-state index contributed by atoms with van der Waals surface area (Å²) in [5.74, 6) is 0. The molecule has 2 unspecified atom stereocenters. The highest BCUT2D eigenvalue weighted by Gasteiger charge is 2.49. The molecule has 3 heteroatoms. The van der Waals surface area contributed by atoms with Crippen molar-refractivity contribution >= 4 is 22.1 Å². The summed E-state index contributed by atoms with van der Waals surface area (Å²) < 4.78 is 5.51. The number of hydrogen-bond donors (Lipinski definition) is 0. The molecule has 1 rings (SSSR count). The largest absolute Gasteiger partial charge is 0.411 e. The van der Waals surface area contributed by atoms with Crippen LogP contribution in [0, 0.1) is 0 Å². The summed E-state index contributed by atoms with van der Waals surface area (Å²) in [5, 5.41) is 0. The quantitative estimate of drug-likeness (QED) is 0.521. The fraction of sp³-hybridized carbons (Fsp3) is 1.00. The first-order valence-corrected chi connectivity index (χ1v) is 5.96. The fourth-order valence-electron chi connectivity index (χ4n) is 2.47. The molecule has 1 nitrogen and oxygen atoms in total. The lowest BCUT2D eigenvalue weighted by Gasteiger charge is -2.49. The molecule has 1 aliphatic carbocycles. The zero-order valence-corrected chi connectivity index (χ0v) is 10.3. The van der Waals surface area contributed by atoms with E-state index in [0.717, 1.165) is 25.7 Å². The van der Waals surface area contributed by atoms with E-state index in [0.29, 0.717) is 0 Å². The standard InChI is InChI=1S/C10H18ClOSi/c1-3-9(11)7-5-6-8-10(9,4-2)12-13/h3-8H2,1-2H3. The van der Waals surface area contributed by atoms with E-state index in [1.165, 1.54) is 12.8 Å². The Bertz CT molecular complexity index is 170. The zero-order chi connectivity index (χ0) is 9.95. The molecular weight excluding hydrogens is 200 g/mol. The molecular formula is C10H18ClOSi. The van der Waals surface area contributed by atoms with E-state index >= 15 is 0 Å². The van der Waals surface area contributed by atoms with Gasteiger partial charge in [0.15, 0.2) is 0 Å². The molecule has 1 saturated carbocycles. The summed E-state index contributed by atoms with van der Waals surface area (Å²) in [6.07, 6.45) is 6.57. The van der Waals surface area contributed by atoms with Gasteiger partial charge in [-0.3, -0.25) is 0 Å². The lowest BCUT2D eigenvalue weighted by Crippen LogP contribution is -2.53. The Hall–Kier alpha value is 0.467. The Balaban J connectivity index is 2.87. The van der Waals surface area contributed by atoms with Crippen molar-refractivity contribution in [3.8, 4) is 0 Å². The van der Waals surface area contributed by atoms with Crippen LogP contribution in [0.25, 0.3) is 0 Å². The number of rotatable bonds is 3. The summed E-state index contributed by atoms with van der Waals surface area (Å²) in [7, 11) is 3.21. The van der Waals surface area contributed by atoms with E-state index < -0.39 is 0 Å². The van der Waals surface area contributed by atoms with E-state index in [4.69, 9.17) is 16.0 Å². The van der Waals surface area contributed by atoms with Crippen molar-refractivity contribution in [3.05, 3.63) is 0 Å². The molecule has 3 radical (unpaired) electrons. The van der Waals surface area contributed by atoms with Crippen molar-refractivity contribution in [1.82, 2.24) is 0 Å². The average Bonchev–Trinajstić information content (AvgIpc) is 2.19. The highest BCUT2D eigenvalue weighted by atomic mass is 35.5. The van der Waals surface area contributed by atoms with Gasteiger partial charge in [0.25, 0.3) is 0 Å². The van der Waals surface area contributed by atoms with E-state index in [2.05, 4.69) is 24.3 Å². The summed E-state index contributed by atoms with van der Waals surface area (Å²) >= 11 is 6.63. The molecule has 2 atom stereocenters. The highest BCUT2D eigenvalue weighted by Crippen LogP contribution is 2.48.